The van der Waals surface area contributed by atoms with E-state index in [2.05, 4.69) is 18.7 Å². The van der Waals surface area contributed by atoms with E-state index in [1.165, 1.54) is 25.9 Å². The molecule has 2 aliphatic rings. The van der Waals surface area contributed by atoms with Crippen LogP contribution in [0.3, 0.4) is 0 Å². The van der Waals surface area contributed by atoms with Gasteiger partial charge in [0.1, 0.15) is 0 Å². The fraction of sp³-hybridized carbons (Fsp3) is 0.938. The highest BCUT2D eigenvalue weighted by atomic mass is 16.2. The number of carbonyl (C=O) groups is 1. The van der Waals surface area contributed by atoms with E-state index in [0.29, 0.717) is 17.7 Å². The van der Waals surface area contributed by atoms with Crippen LogP contribution < -0.4 is 5.73 Å². The van der Waals surface area contributed by atoms with Gasteiger partial charge in [-0.05, 0) is 50.6 Å². The average Bonchev–Trinajstić information content (AvgIpc) is 2.92. The summed E-state index contributed by atoms with van der Waals surface area (Å²) in [6.07, 6.45) is 4.56. The number of likely N-dealkylation sites (tertiary alicyclic amines) is 1. The quantitative estimate of drug-likeness (QED) is 0.850. The minimum Gasteiger partial charge on any atom is -0.344 e. The largest absolute Gasteiger partial charge is 0.344 e. The Bertz CT molecular complexity index is 328. The minimum absolute atomic E-state index is 0.129. The van der Waals surface area contributed by atoms with Crippen LogP contribution in [0.15, 0.2) is 0 Å². The van der Waals surface area contributed by atoms with Gasteiger partial charge in [0.05, 0.1) is 0 Å². The summed E-state index contributed by atoms with van der Waals surface area (Å²) in [5.74, 6) is 1.44. The first kappa shape index (κ1) is 15.8. The fourth-order valence-electron chi connectivity index (χ4n) is 3.72. The SMILES string of the molecule is CC1CC(C)C(C(=O)N(C)CCN2CCCC2)CC1N. The maximum atomic E-state index is 12.6. The second-order valence-electron chi connectivity index (χ2n) is 7.00. The average molecular weight is 281 g/mol. The standard InChI is InChI=1S/C16H31N3O/c1-12-10-13(2)15(17)11-14(12)16(20)18(3)8-9-19-6-4-5-7-19/h12-15H,4-11,17H2,1-3H3. The molecule has 1 aliphatic heterocycles. The second-order valence-corrected chi connectivity index (χ2v) is 7.00. The molecular weight excluding hydrogens is 250 g/mol. The molecule has 2 N–H and O–H groups in total. The van der Waals surface area contributed by atoms with E-state index in [-0.39, 0.29) is 12.0 Å². The molecule has 1 heterocycles. The Balaban J connectivity index is 1.82. The lowest BCUT2D eigenvalue weighted by molar-refractivity contribution is -0.137. The Morgan fingerprint density at radius 1 is 1.20 bits per heavy atom. The maximum absolute atomic E-state index is 12.6. The lowest BCUT2D eigenvalue weighted by atomic mass is 9.72. The van der Waals surface area contributed by atoms with Gasteiger partial charge in [0.25, 0.3) is 0 Å². The third-order valence-corrected chi connectivity index (χ3v) is 5.33. The molecule has 0 aromatic heterocycles. The fourth-order valence-corrected chi connectivity index (χ4v) is 3.72. The van der Waals surface area contributed by atoms with E-state index in [1.54, 1.807) is 0 Å². The van der Waals surface area contributed by atoms with E-state index >= 15 is 0 Å². The highest BCUT2D eigenvalue weighted by Crippen LogP contribution is 2.33. The van der Waals surface area contributed by atoms with E-state index in [0.717, 1.165) is 25.9 Å². The molecule has 4 heteroatoms. The monoisotopic (exact) mass is 281 g/mol. The summed E-state index contributed by atoms with van der Waals surface area (Å²) in [5.41, 5.74) is 6.16. The van der Waals surface area contributed by atoms with Crippen LogP contribution in [0.1, 0.15) is 39.5 Å². The number of nitrogens with zero attached hydrogens (tertiary/aromatic N) is 2. The minimum atomic E-state index is 0.129. The van der Waals surface area contributed by atoms with Crippen LogP contribution in [0.25, 0.3) is 0 Å². The summed E-state index contributed by atoms with van der Waals surface area (Å²) >= 11 is 0. The molecule has 1 aliphatic carbocycles. The second kappa shape index (κ2) is 6.90. The van der Waals surface area contributed by atoms with Crippen molar-refractivity contribution in [2.24, 2.45) is 23.5 Å². The van der Waals surface area contributed by atoms with Crippen molar-refractivity contribution >= 4 is 5.91 Å². The molecule has 4 nitrogen and oxygen atoms in total. The molecule has 0 spiro atoms. The Morgan fingerprint density at radius 3 is 2.50 bits per heavy atom. The van der Waals surface area contributed by atoms with Gasteiger partial charge in [-0.1, -0.05) is 13.8 Å². The summed E-state index contributed by atoms with van der Waals surface area (Å²) in [5, 5.41) is 0. The van der Waals surface area contributed by atoms with Gasteiger partial charge in [-0.2, -0.15) is 0 Å². The van der Waals surface area contributed by atoms with Crippen molar-refractivity contribution in [2.45, 2.75) is 45.6 Å². The molecule has 4 unspecified atom stereocenters. The summed E-state index contributed by atoms with van der Waals surface area (Å²) in [4.78, 5) is 17.0. The number of hydrogen-bond donors (Lipinski definition) is 1. The molecular formula is C16H31N3O. The van der Waals surface area contributed by atoms with Gasteiger partial charge in [-0.25, -0.2) is 0 Å². The highest BCUT2D eigenvalue weighted by molar-refractivity contribution is 5.79. The van der Waals surface area contributed by atoms with Crippen LogP contribution in [0, 0.1) is 17.8 Å². The molecule has 1 saturated carbocycles. The van der Waals surface area contributed by atoms with Gasteiger partial charge in [0.2, 0.25) is 5.91 Å². The number of nitrogens with two attached hydrogens (primary N) is 1. The van der Waals surface area contributed by atoms with Crippen molar-refractivity contribution in [3.8, 4) is 0 Å². The number of carbonyl (C=O) groups excluding carboxylic acids is 1. The van der Waals surface area contributed by atoms with Crippen molar-refractivity contribution in [1.29, 1.82) is 0 Å². The topological polar surface area (TPSA) is 49.6 Å². The summed E-state index contributed by atoms with van der Waals surface area (Å²) in [6, 6.07) is 0.187. The third kappa shape index (κ3) is 3.73. The molecule has 0 aromatic rings. The van der Waals surface area contributed by atoms with E-state index in [1.807, 2.05) is 11.9 Å². The van der Waals surface area contributed by atoms with Crippen molar-refractivity contribution in [3.63, 3.8) is 0 Å². The van der Waals surface area contributed by atoms with Crippen LogP contribution in [0.5, 0.6) is 0 Å². The molecule has 2 fully saturated rings. The Labute approximate surface area is 123 Å². The number of likely N-dealkylation sites (N-methyl/N-ethyl adjacent to an activating group) is 1. The molecule has 1 saturated heterocycles. The zero-order valence-corrected chi connectivity index (χ0v) is 13.3. The lowest BCUT2D eigenvalue weighted by Crippen LogP contribution is -2.46. The first-order valence-electron chi connectivity index (χ1n) is 8.22. The van der Waals surface area contributed by atoms with Crippen molar-refractivity contribution < 1.29 is 4.79 Å². The van der Waals surface area contributed by atoms with Gasteiger partial charge in [-0.3, -0.25) is 4.79 Å². The third-order valence-electron chi connectivity index (χ3n) is 5.33. The molecule has 0 radical (unpaired) electrons. The summed E-state index contributed by atoms with van der Waals surface area (Å²) < 4.78 is 0. The van der Waals surface area contributed by atoms with Gasteiger partial charge in [0.15, 0.2) is 0 Å². The maximum Gasteiger partial charge on any atom is 0.225 e. The van der Waals surface area contributed by atoms with Crippen LogP contribution in [0.2, 0.25) is 0 Å². The van der Waals surface area contributed by atoms with E-state index < -0.39 is 0 Å². The molecule has 2 rings (SSSR count). The summed E-state index contributed by atoms with van der Waals surface area (Å²) in [6.45, 7) is 8.69. The van der Waals surface area contributed by atoms with Crippen LogP contribution >= 0.6 is 0 Å². The number of hydrogen-bond acceptors (Lipinski definition) is 3. The lowest BCUT2D eigenvalue weighted by Gasteiger charge is -2.38. The number of amides is 1. The molecule has 20 heavy (non-hydrogen) atoms. The van der Waals surface area contributed by atoms with E-state index in [9.17, 15) is 4.79 Å². The zero-order chi connectivity index (χ0) is 14.7. The Kier molecular flexibility index (Phi) is 5.44. The molecule has 116 valence electrons. The van der Waals surface area contributed by atoms with Crippen molar-refractivity contribution in [1.82, 2.24) is 9.80 Å². The molecule has 0 aromatic carbocycles. The van der Waals surface area contributed by atoms with Crippen LogP contribution in [0.4, 0.5) is 0 Å². The first-order valence-corrected chi connectivity index (χ1v) is 8.22. The Morgan fingerprint density at radius 2 is 1.85 bits per heavy atom. The molecule has 4 atom stereocenters. The van der Waals surface area contributed by atoms with Crippen LogP contribution in [-0.2, 0) is 4.79 Å². The Hall–Kier alpha value is -0.610. The predicted molar refractivity (Wildman–Crippen MR) is 82.3 cm³/mol. The molecule has 0 bridgehead atoms. The van der Waals surface area contributed by atoms with Gasteiger partial charge < -0.3 is 15.5 Å². The van der Waals surface area contributed by atoms with Gasteiger partial charge in [0, 0.05) is 32.1 Å². The van der Waals surface area contributed by atoms with Gasteiger partial charge in [-0.15, -0.1) is 0 Å². The highest BCUT2D eigenvalue weighted by Gasteiger charge is 2.36. The van der Waals surface area contributed by atoms with Crippen molar-refractivity contribution in [3.05, 3.63) is 0 Å². The predicted octanol–water partition coefficient (Wildman–Crippen LogP) is 1.55. The number of rotatable bonds is 4. The molecule has 1 amide bonds. The summed E-state index contributed by atoms with van der Waals surface area (Å²) in [7, 11) is 1.95. The zero-order valence-electron chi connectivity index (χ0n) is 13.3. The first-order chi connectivity index (χ1) is 9.49. The van der Waals surface area contributed by atoms with Crippen molar-refractivity contribution in [2.75, 3.05) is 33.2 Å². The normalized spacial score (nSPS) is 35.2. The van der Waals surface area contributed by atoms with E-state index in [4.69, 9.17) is 5.73 Å². The van der Waals surface area contributed by atoms with Gasteiger partial charge >= 0.3 is 0 Å². The van der Waals surface area contributed by atoms with Crippen LogP contribution in [-0.4, -0.2) is 55.0 Å². The smallest absolute Gasteiger partial charge is 0.225 e.